The molecule has 3 aromatic carbocycles. The van der Waals surface area contributed by atoms with Crippen molar-refractivity contribution in [2.45, 2.75) is 13.3 Å². The number of rotatable bonds is 6. The Hall–Kier alpha value is -4.20. The standard InChI is InChI=1S/C24H21N3O5/c1-16-3-2-4-22(13-16)32-21-11-5-18(6-12-21)25-24(29)17-14-23(28)26(15-17)19-7-9-20(10-8-19)27(30)31/h2-13,17H,14-15H2,1H3,(H,25,29)/t17-/m0/s1. The Bertz CT molecular complexity index is 1160. The Labute approximate surface area is 184 Å². The number of anilines is 2. The van der Waals surface area contributed by atoms with Crippen molar-refractivity contribution in [1.29, 1.82) is 0 Å². The van der Waals surface area contributed by atoms with Gasteiger partial charge in [-0.1, -0.05) is 12.1 Å². The molecular formula is C24H21N3O5. The first-order valence-corrected chi connectivity index (χ1v) is 10.1. The summed E-state index contributed by atoms with van der Waals surface area (Å²) in [6.07, 6.45) is 0.0807. The summed E-state index contributed by atoms with van der Waals surface area (Å²) < 4.78 is 5.81. The van der Waals surface area contributed by atoms with Crippen LogP contribution in [0.3, 0.4) is 0 Å². The summed E-state index contributed by atoms with van der Waals surface area (Å²) in [5.41, 5.74) is 2.19. The third kappa shape index (κ3) is 4.75. The van der Waals surface area contributed by atoms with Gasteiger partial charge in [-0.25, -0.2) is 0 Å². The summed E-state index contributed by atoms with van der Waals surface area (Å²) in [5, 5.41) is 13.6. The van der Waals surface area contributed by atoms with Crippen LogP contribution in [0.25, 0.3) is 0 Å². The van der Waals surface area contributed by atoms with Crippen LogP contribution in [-0.2, 0) is 9.59 Å². The van der Waals surface area contributed by atoms with E-state index < -0.39 is 10.8 Å². The van der Waals surface area contributed by atoms with E-state index in [-0.39, 0.29) is 30.5 Å². The third-order valence-electron chi connectivity index (χ3n) is 5.22. The molecule has 162 valence electrons. The molecule has 8 heteroatoms. The van der Waals surface area contributed by atoms with Crippen LogP contribution in [-0.4, -0.2) is 23.3 Å². The van der Waals surface area contributed by atoms with Gasteiger partial charge in [0.25, 0.3) is 5.69 Å². The molecule has 1 aliphatic heterocycles. The summed E-state index contributed by atoms with van der Waals surface area (Å²) in [6, 6.07) is 20.5. The number of aryl methyl sites for hydroxylation is 1. The fourth-order valence-electron chi connectivity index (χ4n) is 3.55. The molecule has 2 amide bonds. The maximum atomic E-state index is 12.7. The van der Waals surface area contributed by atoms with E-state index in [1.165, 1.54) is 29.2 Å². The molecule has 1 N–H and O–H groups in total. The lowest BCUT2D eigenvalue weighted by Crippen LogP contribution is -2.28. The highest BCUT2D eigenvalue weighted by Crippen LogP contribution is 2.28. The highest BCUT2D eigenvalue weighted by Gasteiger charge is 2.35. The maximum Gasteiger partial charge on any atom is 0.269 e. The molecule has 0 aromatic heterocycles. The predicted octanol–water partition coefficient (Wildman–Crippen LogP) is 4.69. The molecular weight excluding hydrogens is 410 g/mol. The fraction of sp³-hybridized carbons (Fsp3) is 0.167. The van der Waals surface area contributed by atoms with Crippen molar-refractivity contribution in [2.24, 2.45) is 5.92 Å². The average Bonchev–Trinajstić information content (AvgIpc) is 3.17. The van der Waals surface area contributed by atoms with Crippen LogP contribution >= 0.6 is 0 Å². The molecule has 1 saturated heterocycles. The molecule has 1 aliphatic rings. The van der Waals surface area contributed by atoms with E-state index in [1.54, 1.807) is 24.3 Å². The van der Waals surface area contributed by atoms with Crippen molar-refractivity contribution >= 4 is 28.9 Å². The van der Waals surface area contributed by atoms with Crippen LogP contribution in [0.1, 0.15) is 12.0 Å². The van der Waals surface area contributed by atoms with E-state index in [0.29, 0.717) is 17.1 Å². The third-order valence-corrected chi connectivity index (χ3v) is 5.22. The fourth-order valence-corrected chi connectivity index (χ4v) is 3.55. The first kappa shape index (κ1) is 21.0. The zero-order valence-electron chi connectivity index (χ0n) is 17.4. The SMILES string of the molecule is Cc1cccc(Oc2ccc(NC(=O)[C@H]3CC(=O)N(c4ccc([N+](=O)[O-])cc4)C3)cc2)c1. The Balaban J connectivity index is 1.36. The number of nitro groups is 1. The zero-order valence-corrected chi connectivity index (χ0v) is 17.4. The van der Waals surface area contributed by atoms with E-state index in [1.807, 2.05) is 31.2 Å². The molecule has 0 radical (unpaired) electrons. The molecule has 0 saturated carbocycles. The van der Waals surface area contributed by atoms with Gasteiger partial charge in [0.15, 0.2) is 0 Å². The smallest absolute Gasteiger partial charge is 0.269 e. The minimum absolute atomic E-state index is 0.0514. The van der Waals surface area contributed by atoms with Crippen molar-refractivity contribution in [3.8, 4) is 11.5 Å². The molecule has 8 nitrogen and oxygen atoms in total. The minimum atomic E-state index is -0.513. The minimum Gasteiger partial charge on any atom is -0.457 e. The molecule has 4 rings (SSSR count). The van der Waals surface area contributed by atoms with Crippen LogP contribution in [0.15, 0.2) is 72.8 Å². The van der Waals surface area contributed by atoms with Crippen molar-refractivity contribution < 1.29 is 19.2 Å². The van der Waals surface area contributed by atoms with Gasteiger partial charge in [0.2, 0.25) is 11.8 Å². The molecule has 0 spiro atoms. The highest BCUT2D eigenvalue weighted by molar-refractivity contribution is 6.03. The lowest BCUT2D eigenvalue weighted by Gasteiger charge is -2.16. The van der Waals surface area contributed by atoms with Gasteiger partial charge in [0, 0.05) is 36.5 Å². The summed E-state index contributed by atoms with van der Waals surface area (Å²) in [6.45, 7) is 2.21. The predicted molar refractivity (Wildman–Crippen MR) is 120 cm³/mol. The van der Waals surface area contributed by atoms with Crippen LogP contribution < -0.4 is 15.0 Å². The van der Waals surface area contributed by atoms with Crippen LogP contribution in [0.5, 0.6) is 11.5 Å². The summed E-state index contributed by atoms with van der Waals surface area (Å²) in [5.74, 6) is 0.420. The number of nitrogens with one attached hydrogen (secondary N) is 1. The van der Waals surface area contributed by atoms with E-state index in [9.17, 15) is 19.7 Å². The van der Waals surface area contributed by atoms with Crippen molar-refractivity contribution in [1.82, 2.24) is 0 Å². The van der Waals surface area contributed by atoms with Crippen LogP contribution in [0.4, 0.5) is 17.1 Å². The average molecular weight is 431 g/mol. The number of carbonyl (C=O) groups excluding carboxylic acids is 2. The number of hydrogen-bond donors (Lipinski definition) is 1. The van der Waals surface area contributed by atoms with E-state index in [2.05, 4.69) is 5.32 Å². The first-order chi connectivity index (χ1) is 15.4. The second-order valence-corrected chi connectivity index (χ2v) is 7.61. The molecule has 1 heterocycles. The van der Waals surface area contributed by atoms with E-state index in [4.69, 9.17) is 4.74 Å². The molecule has 0 unspecified atom stereocenters. The number of amides is 2. The summed E-state index contributed by atoms with van der Waals surface area (Å²) in [4.78, 5) is 36.9. The van der Waals surface area contributed by atoms with Gasteiger partial charge in [0.1, 0.15) is 11.5 Å². The summed E-state index contributed by atoms with van der Waals surface area (Å²) in [7, 11) is 0. The normalized spacial score (nSPS) is 15.5. The highest BCUT2D eigenvalue weighted by atomic mass is 16.6. The molecule has 0 bridgehead atoms. The largest absolute Gasteiger partial charge is 0.457 e. The Morgan fingerprint density at radius 3 is 2.44 bits per heavy atom. The molecule has 1 atom stereocenters. The maximum absolute atomic E-state index is 12.7. The number of nitrogens with zero attached hydrogens (tertiary/aromatic N) is 2. The monoisotopic (exact) mass is 431 g/mol. The number of benzene rings is 3. The van der Waals surface area contributed by atoms with Gasteiger partial charge < -0.3 is 15.0 Å². The molecule has 32 heavy (non-hydrogen) atoms. The topological polar surface area (TPSA) is 102 Å². The van der Waals surface area contributed by atoms with Crippen LogP contribution in [0, 0.1) is 23.0 Å². The number of nitro benzene ring substituents is 1. The van der Waals surface area contributed by atoms with Crippen molar-refractivity contribution in [3.63, 3.8) is 0 Å². The second-order valence-electron chi connectivity index (χ2n) is 7.61. The van der Waals surface area contributed by atoms with Gasteiger partial charge >= 0.3 is 0 Å². The Morgan fingerprint density at radius 1 is 1.06 bits per heavy atom. The molecule has 1 fully saturated rings. The van der Waals surface area contributed by atoms with E-state index >= 15 is 0 Å². The Morgan fingerprint density at radius 2 is 1.78 bits per heavy atom. The first-order valence-electron chi connectivity index (χ1n) is 10.1. The van der Waals surface area contributed by atoms with Gasteiger partial charge in [-0.15, -0.1) is 0 Å². The van der Waals surface area contributed by atoms with Crippen LogP contribution in [0.2, 0.25) is 0 Å². The number of ether oxygens (including phenoxy) is 1. The Kier molecular flexibility index (Phi) is 5.85. The van der Waals surface area contributed by atoms with Gasteiger partial charge in [-0.05, 0) is 61.0 Å². The number of hydrogen-bond acceptors (Lipinski definition) is 5. The lowest BCUT2D eigenvalue weighted by molar-refractivity contribution is -0.384. The lowest BCUT2D eigenvalue weighted by atomic mass is 10.1. The number of carbonyl (C=O) groups is 2. The van der Waals surface area contributed by atoms with Gasteiger partial charge in [-0.3, -0.25) is 19.7 Å². The molecule has 0 aliphatic carbocycles. The number of non-ortho nitro benzene ring substituents is 1. The second kappa shape index (κ2) is 8.89. The van der Waals surface area contributed by atoms with E-state index in [0.717, 1.165) is 11.3 Å². The van der Waals surface area contributed by atoms with Gasteiger partial charge in [-0.2, -0.15) is 0 Å². The zero-order chi connectivity index (χ0) is 22.7. The quantitative estimate of drug-likeness (QED) is 0.451. The summed E-state index contributed by atoms with van der Waals surface area (Å²) >= 11 is 0. The van der Waals surface area contributed by atoms with Crippen molar-refractivity contribution in [3.05, 3.63) is 88.5 Å². The van der Waals surface area contributed by atoms with Crippen molar-refractivity contribution in [2.75, 3.05) is 16.8 Å². The van der Waals surface area contributed by atoms with Gasteiger partial charge in [0.05, 0.1) is 10.8 Å². The molecule has 3 aromatic rings.